The second kappa shape index (κ2) is 9.55. The lowest BCUT2D eigenvalue weighted by Crippen LogP contribution is -2.53. The summed E-state index contributed by atoms with van der Waals surface area (Å²) in [5.74, 6) is 0.194. The van der Waals surface area contributed by atoms with Crippen molar-refractivity contribution < 1.29 is 29.2 Å². The van der Waals surface area contributed by atoms with Crippen LogP contribution >= 0.6 is 0 Å². The molecular formula is C18H26N4O7. The molecule has 1 aliphatic heterocycles. The van der Waals surface area contributed by atoms with Crippen LogP contribution in [0, 0.1) is 0 Å². The summed E-state index contributed by atoms with van der Waals surface area (Å²) in [6.45, 7) is 2.05. The van der Waals surface area contributed by atoms with Crippen LogP contribution in [-0.4, -0.2) is 87.4 Å². The Labute approximate surface area is 166 Å². The third kappa shape index (κ3) is 4.54. The monoisotopic (exact) mass is 410 g/mol. The van der Waals surface area contributed by atoms with Crippen molar-refractivity contribution in [1.82, 2.24) is 19.5 Å². The third-order valence-corrected chi connectivity index (χ3v) is 4.95. The summed E-state index contributed by atoms with van der Waals surface area (Å²) in [5, 5.41) is 20.1. The van der Waals surface area contributed by atoms with E-state index in [-0.39, 0.29) is 49.0 Å². The molecule has 1 fully saturated rings. The van der Waals surface area contributed by atoms with Gasteiger partial charge in [-0.3, -0.25) is 9.59 Å². The highest BCUT2D eigenvalue weighted by Crippen LogP contribution is 2.29. The highest BCUT2D eigenvalue weighted by molar-refractivity contribution is 5.80. The van der Waals surface area contributed by atoms with Gasteiger partial charge < -0.3 is 34.0 Å². The second-order valence-electron chi connectivity index (χ2n) is 6.85. The molecule has 4 atom stereocenters. The van der Waals surface area contributed by atoms with Gasteiger partial charge in [-0.1, -0.05) is 6.92 Å². The van der Waals surface area contributed by atoms with Gasteiger partial charge in [0.25, 0.3) is 5.56 Å². The van der Waals surface area contributed by atoms with Gasteiger partial charge in [0.2, 0.25) is 0 Å². The molecule has 0 amide bonds. The smallest absolute Gasteiger partial charge is 0.279 e. The minimum atomic E-state index is -1.10. The molecule has 3 rings (SSSR count). The van der Waals surface area contributed by atoms with E-state index in [1.165, 1.54) is 13.4 Å². The van der Waals surface area contributed by atoms with Crippen LogP contribution in [-0.2, 0) is 25.4 Å². The number of fused-ring (bicyclic) bond motifs is 1. The van der Waals surface area contributed by atoms with Crippen LogP contribution in [0.15, 0.2) is 11.1 Å². The predicted molar refractivity (Wildman–Crippen MR) is 101 cm³/mol. The Hall–Kier alpha value is -2.18. The third-order valence-electron chi connectivity index (χ3n) is 4.95. The Bertz CT molecular complexity index is 896. The van der Waals surface area contributed by atoms with E-state index in [1.54, 1.807) is 11.5 Å². The fourth-order valence-electron chi connectivity index (χ4n) is 3.34. The van der Waals surface area contributed by atoms with Crippen LogP contribution in [0.1, 0.15) is 25.2 Å². The highest BCUT2D eigenvalue weighted by atomic mass is 16.6. The quantitative estimate of drug-likeness (QED) is 0.441. The first kappa shape index (κ1) is 21.5. The van der Waals surface area contributed by atoms with Crippen molar-refractivity contribution >= 4 is 16.9 Å². The van der Waals surface area contributed by atoms with Gasteiger partial charge in [-0.15, -0.1) is 0 Å². The molecule has 3 heterocycles. The maximum atomic E-state index is 12.4. The molecule has 0 spiro atoms. The van der Waals surface area contributed by atoms with Crippen LogP contribution in [0.25, 0.3) is 11.2 Å². The summed E-state index contributed by atoms with van der Waals surface area (Å²) in [4.78, 5) is 35.3. The Kier molecular flexibility index (Phi) is 7.09. The SMILES string of the molecule is CCC(=O)Cc1nc2c(ncn2C2COC(CO)C(O)C2OCCOC)c(=O)[nH]1. The molecule has 0 aliphatic carbocycles. The first-order valence-electron chi connectivity index (χ1n) is 9.48. The van der Waals surface area contributed by atoms with Gasteiger partial charge in [-0.2, -0.15) is 0 Å². The Morgan fingerprint density at radius 3 is 2.93 bits per heavy atom. The van der Waals surface area contributed by atoms with E-state index in [9.17, 15) is 19.8 Å². The maximum Gasteiger partial charge on any atom is 0.279 e. The fraction of sp³-hybridized carbons (Fsp3) is 0.667. The molecule has 0 aromatic carbocycles. The average Bonchev–Trinajstić information content (AvgIpc) is 3.13. The zero-order valence-electron chi connectivity index (χ0n) is 16.4. The number of Topliss-reactive ketones (excluding diaryl/α,β-unsaturated/α-hetero) is 1. The Balaban J connectivity index is 1.97. The van der Waals surface area contributed by atoms with E-state index in [2.05, 4.69) is 15.0 Å². The largest absolute Gasteiger partial charge is 0.394 e. The minimum Gasteiger partial charge on any atom is -0.394 e. The van der Waals surface area contributed by atoms with Gasteiger partial charge in [0.1, 0.15) is 29.9 Å². The van der Waals surface area contributed by atoms with Crippen molar-refractivity contribution in [1.29, 1.82) is 0 Å². The number of ether oxygens (including phenoxy) is 3. The maximum absolute atomic E-state index is 12.4. The van der Waals surface area contributed by atoms with Crippen molar-refractivity contribution in [3.8, 4) is 0 Å². The van der Waals surface area contributed by atoms with E-state index >= 15 is 0 Å². The molecule has 1 aliphatic rings. The summed E-state index contributed by atoms with van der Waals surface area (Å²) in [7, 11) is 1.54. The fourth-order valence-corrected chi connectivity index (χ4v) is 3.34. The van der Waals surface area contributed by atoms with Crippen molar-refractivity contribution in [2.45, 2.75) is 44.1 Å². The first-order chi connectivity index (χ1) is 14.0. The molecule has 4 unspecified atom stereocenters. The van der Waals surface area contributed by atoms with E-state index in [1.807, 2.05) is 0 Å². The van der Waals surface area contributed by atoms with Crippen LogP contribution < -0.4 is 5.56 Å². The summed E-state index contributed by atoms with van der Waals surface area (Å²) >= 11 is 0. The van der Waals surface area contributed by atoms with Crippen molar-refractivity contribution in [2.75, 3.05) is 33.5 Å². The predicted octanol–water partition coefficient (Wildman–Crippen LogP) is -1.03. The Morgan fingerprint density at radius 2 is 2.24 bits per heavy atom. The number of hydrogen-bond donors (Lipinski definition) is 3. The lowest BCUT2D eigenvalue weighted by molar-refractivity contribution is -0.188. The number of imidazole rings is 1. The molecule has 2 aromatic rings. The van der Waals surface area contributed by atoms with Crippen LogP contribution in [0.5, 0.6) is 0 Å². The van der Waals surface area contributed by atoms with Crippen LogP contribution in [0.3, 0.4) is 0 Å². The van der Waals surface area contributed by atoms with Gasteiger partial charge in [-0.05, 0) is 0 Å². The molecule has 0 saturated carbocycles. The molecule has 0 bridgehead atoms. The average molecular weight is 410 g/mol. The van der Waals surface area contributed by atoms with Gasteiger partial charge in [-0.25, -0.2) is 9.97 Å². The highest BCUT2D eigenvalue weighted by Gasteiger charge is 2.41. The second-order valence-corrected chi connectivity index (χ2v) is 6.85. The minimum absolute atomic E-state index is 0.0109. The molecule has 11 heteroatoms. The number of nitrogens with one attached hydrogen (secondary N) is 1. The molecule has 11 nitrogen and oxygen atoms in total. The number of aromatic amines is 1. The summed E-state index contributed by atoms with van der Waals surface area (Å²) < 4.78 is 18.0. The number of aliphatic hydroxyl groups is 2. The van der Waals surface area contributed by atoms with Gasteiger partial charge in [0.05, 0.1) is 45.2 Å². The number of aromatic nitrogens is 4. The molecular weight excluding hydrogens is 384 g/mol. The van der Waals surface area contributed by atoms with Crippen molar-refractivity contribution in [3.63, 3.8) is 0 Å². The van der Waals surface area contributed by atoms with Crippen molar-refractivity contribution in [2.24, 2.45) is 0 Å². The van der Waals surface area contributed by atoms with E-state index in [0.717, 1.165) is 0 Å². The zero-order chi connectivity index (χ0) is 21.0. The number of carbonyl (C=O) groups excluding carboxylic acids is 1. The molecule has 29 heavy (non-hydrogen) atoms. The van der Waals surface area contributed by atoms with Gasteiger partial charge >= 0.3 is 0 Å². The zero-order valence-corrected chi connectivity index (χ0v) is 16.4. The number of H-pyrrole nitrogens is 1. The van der Waals surface area contributed by atoms with E-state index in [4.69, 9.17) is 14.2 Å². The number of nitrogens with zero attached hydrogens (tertiary/aromatic N) is 3. The van der Waals surface area contributed by atoms with E-state index in [0.29, 0.717) is 13.0 Å². The first-order valence-corrected chi connectivity index (χ1v) is 9.48. The summed E-state index contributed by atoms with van der Waals surface area (Å²) in [5.41, 5.74) is -0.0571. The number of rotatable bonds is 9. The van der Waals surface area contributed by atoms with Gasteiger partial charge in [0, 0.05) is 13.5 Å². The number of aliphatic hydroxyl groups excluding tert-OH is 2. The summed E-state index contributed by atoms with van der Waals surface area (Å²) in [6, 6.07) is -0.543. The Morgan fingerprint density at radius 1 is 1.45 bits per heavy atom. The molecule has 1 saturated heterocycles. The normalized spacial score (nSPS) is 24.8. The van der Waals surface area contributed by atoms with E-state index < -0.39 is 29.9 Å². The lowest BCUT2D eigenvalue weighted by atomic mass is 9.98. The lowest BCUT2D eigenvalue weighted by Gasteiger charge is -2.40. The van der Waals surface area contributed by atoms with Crippen LogP contribution in [0.2, 0.25) is 0 Å². The molecule has 0 radical (unpaired) electrons. The van der Waals surface area contributed by atoms with Crippen molar-refractivity contribution in [3.05, 3.63) is 22.5 Å². The standard InChI is InChI=1S/C18H26N4O7/c1-3-10(24)6-13-20-17-14(18(26)21-13)19-9-22(17)11-8-29-12(7-23)15(25)16(11)28-5-4-27-2/h9,11-12,15-16,23,25H,3-8H2,1-2H3,(H,20,21,26). The number of ketones is 1. The number of carbonyl (C=O) groups is 1. The number of hydrogen-bond acceptors (Lipinski definition) is 9. The molecule has 2 aromatic heterocycles. The van der Waals surface area contributed by atoms with Crippen LogP contribution in [0.4, 0.5) is 0 Å². The molecule has 3 N–H and O–H groups in total. The summed E-state index contributed by atoms with van der Waals surface area (Å²) in [6.07, 6.45) is -0.849. The topological polar surface area (TPSA) is 149 Å². The number of methoxy groups -OCH3 is 1. The van der Waals surface area contributed by atoms with Gasteiger partial charge in [0.15, 0.2) is 11.2 Å². The molecule has 160 valence electrons.